The first-order valence-electron chi connectivity index (χ1n) is 7.36. The molecule has 0 aliphatic carbocycles. The molecule has 2 heterocycles. The van der Waals surface area contributed by atoms with E-state index in [0.29, 0.717) is 29.5 Å². The van der Waals surface area contributed by atoms with Gasteiger partial charge in [0.1, 0.15) is 28.5 Å². The summed E-state index contributed by atoms with van der Waals surface area (Å²) in [5, 5.41) is 0.920. The molecule has 0 spiro atoms. The highest BCUT2D eigenvalue weighted by molar-refractivity contribution is 6.03. The molecule has 0 atom stereocenters. The van der Waals surface area contributed by atoms with Crippen molar-refractivity contribution in [1.82, 2.24) is 9.97 Å². The third-order valence-corrected chi connectivity index (χ3v) is 3.58. The van der Waals surface area contributed by atoms with E-state index >= 15 is 0 Å². The lowest BCUT2D eigenvalue weighted by Gasteiger charge is -2.06. The molecule has 0 aliphatic rings. The molecule has 114 valence electrons. The molecule has 2 aromatic heterocycles. The molecule has 23 heavy (non-hydrogen) atoms. The maximum atomic E-state index is 13.0. The van der Waals surface area contributed by atoms with Crippen LogP contribution in [0, 0.1) is 5.82 Å². The second-order valence-electron chi connectivity index (χ2n) is 5.13. The molecule has 0 N–H and O–H groups in total. The number of para-hydroxylation sites is 1. The minimum atomic E-state index is -0.317. The minimum absolute atomic E-state index is 0.317. The average Bonchev–Trinajstić information content (AvgIpc) is 2.96. The Morgan fingerprint density at radius 3 is 2.61 bits per heavy atom. The summed E-state index contributed by atoms with van der Waals surface area (Å²) in [4.78, 5) is 8.96. The highest BCUT2D eigenvalue weighted by atomic mass is 19.1. The molecular formula is C18H13FN2O2. The summed E-state index contributed by atoms with van der Waals surface area (Å²) >= 11 is 0. The van der Waals surface area contributed by atoms with Crippen molar-refractivity contribution in [3.63, 3.8) is 0 Å². The van der Waals surface area contributed by atoms with Crippen molar-refractivity contribution in [2.75, 3.05) is 0 Å². The molecule has 4 nitrogen and oxygen atoms in total. The molecule has 0 radical (unpaired) electrons. The Balaban J connectivity index is 1.91. The number of benzene rings is 2. The van der Waals surface area contributed by atoms with Gasteiger partial charge in [-0.2, -0.15) is 4.98 Å². The van der Waals surface area contributed by atoms with E-state index in [2.05, 4.69) is 9.97 Å². The summed E-state index contributed by atoms with van der Waals surface area (Å²) in [7, 11) is 0. The average molecular weight is 308 g/mol. The molecule has 2 aromatic carbocycles. The summed E-state index contributed by atoms with van der Waals surface area (Å²) in [5.74, 6) is 1.19. The van der Waals surface area contributed by atoms with Crippen LogP contribution < -0.4 is 4.74 Å². The highest BCUT2D eigenvalue weighted by Gasteiger charge is 2.16. The van der Waals surface area contributed by atoms with Crippen LogP contribution in [-0.2, 0) is 6.42 Å². The van der Waals surface area contributed by atoms with Gasteiger partial charge in [0, 0.05) is 11.8 Å². The third-order valence-electron chi connectivity index (χ3n) is 3.58. The van der Waals surface area contributed by atoms with Crippen molar-refractivity contribution in [3.8, 4) is 11.6 Å². The van der Waals surface area contributed by atoms with Crippen LogP contribution in [0.5, 0.6) is 11.6 Å². The van der Waals surface area contributed by atoms with Crippen LogP contribution in [0.2, 0.25) is 0 Å². The van der Waals surface area contributed by atoms with Crippen molar-refractivity contribution in [1.29, 1.82) is 0 Å². The first-order valence-corrected chi connectivity index (χ1v) is 7.36. The van der Waals surface area contributed by atoms with Crippen molar-refractivity contribution in [2.45, 2.75) is 13.3 Å². The molecule has 4 aromatic rings. The molecule has 4 rings (SSSR count). The lowest BCUT2D eigenvalue weighted by atomic mass is 10.2. The first-order chi connectivity index (χ1) is 11.2. The van der Waals surface area contributed by atoms with E-state index in [0.717, 1.165) is 16.5 Å². The number of rotatable bonds is 3. The van der Waals surface area contributed by atoms with E-state index in [1.165, 1.54) is 12.1 Å². The molecule has 0 unspecified atom stereocenters. The van der Waals surface area contributed by atoms with Gasteiger partial charge in [-0.05, 0) is 36.4 Å². The molecule has 0 aliphatic heterocycles. The summed E-state index contributed by atoms with van der Waals surface area (Å²) in [5.41, 5.74) is 1.95. The Labute approximate surface area is 131 Å². The highest BCUT2D eigenvalue weighted by Crippen LogP contribution is 2.34. The maximum absolute atomic E-state index is 13.0. The van der Waals surface area contributed by atoms with Crippen molar-refractivity contribution in [2.24, 2.45) is 0 Å². The first kappa shape index (κ1) is 13.7. The van der Waals surface area contributed by atoms with Gasteiger partial charge in [0.25, 0.3) is 5.88 Å². The van der Waals surface area contributed by atoms with Gasteiger partial charge < -0.3 is 9.15 Å². The van der Waals surface area contributed by atoms with Crippen LogP contribution in [0.4, 0.5) is 4.39 Å². The van der Waals surface area contributed by atoms with E-state index in [1.807, 2.05) is 31.2 Å². The zero-order valence-electron chi connectivity index (χ0n) is 12.4. The van der Waals surface area contributed by atoms with Crippen LogP contribution in [0.1, 0.15) is 12.7 Å². The number of furan rings is 1. The van der Waals surface area contributed by atoms with Gasteiger partial charge in [0.15, 0.2) is 0 Å². The van der Waals surface area contributed by atoms with E-state index in [-0.39, 0.29) is 5.82 Å². The SMILES string of the molecule is CCc1nc(Oc2ccc(F)cc2)c2oc3ccccc3c2n1. The number of fused-ring (bicyclic) bond motifs is 3. The smallest absolute Gasteiger partial charge is 0.267 e. The second-order valence-corrected chi connectivity index (χ2v) is 5.13. The number of hydrogen-bond donors (Lipinski definition) is 0. The van der Waals surface area contributed by atoms with Crippen LogP contribution in [0.15, 0.2) is 52.9 Å². The van der Waals surface area contributed by atoms with Crippen molar-refractivity contribution >= 4 is 22.1 Å². The Hall–Kier alpha value is -2.95. The van der Waals surface area contributed by atoms with Crippen molar-refractivity contribution in [3.05, 3.63) is 60.2 Å². The summed E-state index contributed by atoms with van der Waals surface area (Å²) < 4.78 is 24.7. The quantitative estimate of drug-likeness (QED) is 0.542. The molecule has 0 saturated carbocycles. The van der Waals surface area contributed by atoms with Gasteiger partial charge in [0.05, 0.1) is 0 Å². The van der Waals surface area contributed by atoms with Crippen LogP contribution >= 0.6 is 0 Å². The van der Waals surface area contributed by atoms with E-state index in [9.17, 15) is 4.39 Å². The molecular weight excluding hydrogens is 295 g/mol. The molecule has 0 amide bonds. The normalized spacial score (nSPS) is 11.2. The van der Waals surface area contributed by atoms with Crippen LogP contribution in [-0.4, -0.2) is 9.97 Å². The molecule has 0 fully saturated rings. The molecule has 5 heteroatoms. The van der Waals surface area contributed by atoms with Crippen LogP contribution in [0.3, 0.4) is 0 Å². The second kappa shape index (κ2) is 5.35. The van der Waals surface area contributed by atoms with Gasteiger partial charge in [0.2, 0.25) is 5.58 Å². The lowest BCUT2D eigenvalue weighted by molar-refractivity contribution is 0.452. The third kappa shape index (κ3) is 2.40. The number of ether oxygens (including phenoxy) is 1. The number of nitrogens with zero attached hydrogens (tertiary/aromatic N) is 2. The number of aryl methyl sites for hydroxylation is 1. The predicted octanol–water partition coefficient (Wildman–Crippen LogP) is 4.87. The van der Waals surface area contributed by atoms with Gasteiger partial charge in [-0.15, -0.1) is 0 Å². The number of hydrogen-bond acceptors (Lipinski definition) is 4. The number of halogens is 1. The molecule has 0 bridgehead atoms. The van der Waals surface area contributed by atoms with Crippen LogP contribution in [0.25, 0.3) is 22.1 Å². The summed E-state index contributed by atoms with van der Waals surface area (Å²) in [6, 6.07) is 13.5. The predicted molar refractivity (Wildman–Crippen MR) is 85.2 cm³/mol. The fraction of sp³-hybridized carbons (Fsp3) is 0.111. The summed E-state index contributed by atoms with van der Waals surface area (Å²) in [6.45, 7) is 1.98. The Bertz CT molecular complexity index is 993. The van der Waals surface area contributed by atoms with Gasteiger partial charge >= 0.3 is 0 Å². The lowest BCUT2D eigenvalue weighted by Crippen LogP contribution is -1.97. The topological polar surface area (TPSA) is 48.2 Å². The standard InChI is InChI=1S/C18H13FN2O2/c1-2-15-20-16-13-5-3-4-6-14(13)23-17(16)18(21-15)22-12-9-7-11(19)8-10-12/h3-10H,2H2,1H3. The minimum Gasteiger partial charge on any atom is -0.449 e. The zero-order chi connectivity index (χ0) is 15.8. The zero-order valence-corrected chi connectivity index (χ0v) is 12.4. The summed E-state index contributed by atoms with van der Waals surface area (Å²) in [6.07, 6.45) is 0.676. The van der Waals surface area contributed by atoms with Gasteiger partial charge in [-0.3, -0.25) is 0 Å². The van der Waals surface area contributed by atoms with Gasteiger partial charge in [-0.1, -0.05) is 19.1 Å². The fourth-order valence-electron chi connectivity index (χ4n) is 2.45. The Morgan fingerprint density at radius 1 is 1.04 bits per heavy atom. The maximum Gasteiger partial charge on any atom is 0.267 e. The van der Waals surface area contributed by atoms with Gasteiger partial charge in [-0.25, -0.2) is 9.37 Å². The molecule has 0 saturated heterocycles. The Morgan fingerprint density at radius 2 is 1.83 bits per heavy atom. The Kier molecular flexibility index (Phi) is 3.19. The fourth-order valence-corrected chi connectivity index (χ4v) is 2.45. The van der Waals surface area contributed by atoms with E-state index in [1.54, 1.807) is 12.1 Å². The largest absolute Gasteiger partial charge is 0.449 e. The monoisotopic (exact) mass is 308 g/mol. The van der Waals surface area contributed by atoms with Crippen molar-refractivity contribution < 1.29 is 13.5 Å². The number of aromatic nitrogens is 2. The van der Waals surface area contributed by atoms with E-state index in [4.69, 9.17) is 9.15 Å². The van der Waals surface area contributed by atoms with E-state index < -0.39 is 0 Å².